The summed E-state index contributed by atoms with van der Waals surface area (Å²) in [4.78, 5) is 2.50. The number of anilines is 2. The lowest BCUT2D eigenvalue weighted by atomic mass is 10.0. The summed E-state index contributed by atoms with van der Waals surface area (Å²) in [6.07, 6.45) is 8.01. The molecule has 0 saturated carbocycles. The van der Waals surface area contributed by atoms with Crippen molar-refractivity contribution in [1.82, 2.24) is 5.32 Å². The summed E-state index contributed by atoms with van der Waals surface area (Å²) in [6.45, 7) is 8.55. The first-order valence-corrected chi connectivity index (χ1v) is 9.84. The Hall–Kier alpha value is -1.26. The molecule has 1 aromatic carbocycles. The van der Waals surface area contributed by atoms with Gasteiger partial charge in [-0.25, -0.2) is 0 Å². The lowest BCUT2D eigenvalue weighted by molar-refractivity contribution is -0.914. The van der Waals surface area contributed by atoms with Crippen LogP contribution in [0, 0.1) is 0 Å². The Kier molecular flexibility index (Phi) is 6.01. The average molecular weight is 332 g/mol. The third kappa shape index (κ3) is 4.64. The quantitative estimate of drug-likeness (QED) is 0.458. The number of piperidine rings is 1. The molecule has 0 radical (unpaired) electrons. The third-order valence-electron chi connectivity index (χ3n) is 5.83. The first kappa shape index (κ1) is 17.6. The van der Waals surface area contributed by atoms with E-state index >= 15 is 0 Å². The molecular formula is C20H35N4+. The molecule has 134 valence electrons. The van der Waals surface area contributed by atoms with Gasteiger partial charge in [0.25, 0.3) is 0 Å². The Morgan fingerprint density at radius 2 is 1.96 bits per heavy atom. The highest BCUT2D eigenvalue weighted by atomic mass is 15.3. The predicted octanol–water partition coefficient (Wildman–Crippen LogP) is 2.63. The molecule has 2 heterocycles. The summed E-state index contributed by atoms with van der Waals surface area (Å²) in [5.41, 5.74) is 9.67. The second-order valence-electron chi connectivity index (χ2n) is 7.93. The Bertz CT molecular complexity index is 522. The van der Waals surface area contributed by atoms with E-state index in [4.69, 9.17) is 5.73 Å². The van der Waals surface area contributed by atoms with E-state index in [1.165, 1.54) is 73.9 Å². The zero-order valence-corrected chi connectivity index (χ0v) is 15.4. The molecule has 4 heteroatoms. The van der Waals surface area contributed by atoms with Crippen molar-refractivity contribution >= 4 is 11.4 Å². The number of likely N-dealkylation sites (tertiary alicyclic amines) is 1. The zero-order valence-electron chi connectivity index (χ0n) is 15.4. The van der Waals surface area contributed by atoms with E-state index < -0.39 is 0 Å². The van der Waals surface area contributed by atoms with E-state index in [0.717, 1.165) is 31.9 Å². The molecule has 24 heavy (non-hydrogen) atoms. The van der Waals surface area contributed by atoms with E-state index in [1.54, 1.807) is 0 Å². The average Bonchev–Trinajstić information content (AvgIpc) is 2.59. The Balaban J connectivity index is 1.36. The number of aryl methyl sites for hydroxylation is 1. The van der Waals surface area contributed by atoms with Gasteiger partial charge in [-0.2, -0.15) is 0 Å². The van der Waals surface area contributed by atoms with Crippen molar-refractivity contribution in [2.45, 2.75) is 38.5 Å². The summed E-state index contributed by atoms with van der Waals surface area (Å²) in [5.74, 6) is 0. The van der Waals surface area contributed by atoms with Crippen LogP contribution in [-0.4, -0.2) is 57.3 Å². The van der Waals surface area contributed by atoms with Crippen LogP contribution in [0.2, 0.25) is 0 Å². The highest BCUT2D eigenvalue weighted by Crippen LogP contribution is 2.28. The molecule has 0 atom stereocenters. The number of nitrogens with one attached hydrogen (secondary N) is 1. The van der Waals surface area contributed by atoms with Gasteiger partial charge in [0, 0.05) is 44.0 Å². The fourth-order valence-electron chi connectivity index (χ4n) is 4.32. The number of nitrogens with two attached hydrogens (primary N) is 1. The Morgan fingerprint density at radius 1 is 1.12 bits per heavy atom. The number of quaternary nitrogens is 1. The second kappa shape index (κ2) is 8.21. The molecule has 3 N–H and O–H groups in total. The lowest BCUT2D eigenvalue weighted by Gasteiger charge is -2.38. The van der Waals surface area contributed by atoms with Crippen LogP contribution < -0.4 is 16.0 Å². The van der Waals surface area contributed by atoms with E-state index in [2.05, 4.69) is 29.4 Å². The normalized spacial score (nSPS) is 20.0. The number of nitrogen functional groups attached to an aromatic ring is 1. The van der Waals surface area contributed by atoms with E-state index in [1.807, 2.05) is 6.07 Å². The Morgan fingerprint density at radius 3 is 2.79 bits per heavy atom. The minimum atomic E-state index is 0.882. The molecule has 0 bridgehead atoms. The first-order chi connectivity index (χ1) is 11.7. The summed E-state index contributed by atoms with van der Waals surface area (Å²) in [7, 11) is 2.44. The molecule has 3 rings (SSSR count). The number of hydrogen-bond donors (Lipinski definition) is 2. The largest absolute Gasteiger partial charge is 0.399 e. The Labute approximate surface area is 147 Å². The van der Waals surface area contributed by atoms with E-state index in [9.17, 15) is 0 Å². The maximum Gasteiger partial charge on any atom is 0.0796 e. The second-order valence-corrected chi connectivity index (χ2v) is 7.93. The lowest BCUT2D eigenvalue weighted by Crippen LogP contribution is -2.49. The molecule has 2 aliphatic rings. The van der Waals surface area contributed by atoms with Gasteiger partial charge in [-0.3, -0.25) is 0 Å². The molecule has 1 saturated heterocycles. The van der Waals surface area contributed by atoms with Gasteiger partial charge in [0.1, 0.15) is 0 Å². The summed E-state index contributed by atoms with van der Waals surface area (Å²) >= 11 is 0. The molecule has 0 aliphatic carbocycles. The topological polar surface area (TPSA) is 41.3 Å². The van der Waals surface area contributed by atoms with Crippen LogP contribution in [0.25, 0.3) is 0 Å². The van der Waals surface area contributed by atoms with Gasteiger partial charge in [0.05, 0.1) is 26.7 Å². The van der Waals surface area contributed by atoms with Gasteiger partial charge < -0.3 is 20.4 Å². The summed E-state index contributed by atoms with van der Waals surface area (Å²) in [6, 6.07) is 6.38. The molecular weight excluding hydrogens is 296 g/mol. The van der Waals surface area contributed by atoms with Gasteiger partial charge in [0.15, 0.2) is 0 Å². The van der Waals surface area contributed by atoms with Crippen molar-refractivity contribution in [2.75, 3.05) is 63.5 Å². The van der Waals surface area contributed by atoms with Gasteiger partial charge in [-0.05, 0) is 49.8 Å². The van der Waals surface area contributed by atoms with E-state index in [-0.39, 0.29) is 0 Å². The van der Waals surface area contributed by atoms with Crippen molar-refractivity contribution < 1.29 is 4.48 Å². The maximum absolute atomic E-state index is 5.98. The fourth-order valence-corrected chi connectivity index (χ4v) is 4.32. The SMILES string of the molecule is C[N+]1(CCCNCCN2CCCc3ccc(N)cc32)CCCCC1. The maximum atomic E-state index is 5.98. The molecule has 2 aliphatic heterocycles. The van der Waals surface area contributed by atoms with Crippen LogP contribution in [0.1, 0.15) is 37.7 Å². The minimum absolute atomic E-state index is 0.882. The van der Waals surface area contributed by atoms with Crippen LogP contribution in [0.4, 0.5) is 11.4 Å². The van der Waals surface area contributed by atoms with Gasteiger partial charge >= 0.3 is 0 Å². The number of nitrogens with zero attached hydrogens (tertiary/aromatic N) is 2. The smallest absolute Gasteiger partial charge is 0.0796 e. The van der Waals surface area contributed by atoms with Gasteiger partial charge in [0.2, 0.25) is 0 Å². The molecule has 0 unspecified atom stereocenters. The molecule has 1 aromatic rings. The van der Waals surface area contributed by atoms with Crippen LogP contribution in [0.15, 0.2) is 18.2 Å². The highest BCUT2D eigenvalue weighted by molar-refractivity contribution is 5.62. The number of benzene rings is 1. The van der Waals surface area contributed by atoms with Crippen molar-refractivity contribution in [2.24, 2.45) is 0 Å². The number of rotatable bonds is 7. The molecule has 0 aromatic heterocycles. The van der Waals surface area contributed by atoms with Crippen molar-refractivity contribution in [1.29, 1.82) is 0 Å². The minimum Gasteiger partial charge on any atom is -0.399 e. The summed E-state index contributed by atoms with van der Waals surface area (Å²) in [5, 5.41) is 3.65. The van der Waals surface area contributed by atoms with Crippen LogP contribution in [-0.2, 0) is 6.42 Å². The zero-order chi connectivity index (χ0) is 16.8. The van der Waals surface area contributed by atoms with Crippen LogP contribution >= 0.6 is 0 Å². The predicted molar refractivity (Wildman–Crippen MR) is 104 cm³/mol. The number of fused-ring (bicyclic) bond motifs is 1. The van der Waals surface area contributed by atoms with Crippen molar-refractivity contribution in [3.8, 4) is 0 Å². The molecule has 4 nitrogen and oxygen atoms in total. The monoisotopic (exact) mass is 331 g/mol. The van der Waals surface area contributed by atoms with Crippen molar-refractivity contribution in [3.05, 3.63) is 23.8 Å². The number of hydrogen-bond acceptors (Lipinski definition) is 3. The van der Waals surface area contributed by atoms with Crippen molar-refractivity contribution in [3.63, 3.8) is 0 Å². The highest BCUT2D eigenvalue weighted by Gasteiger charge is 2.23. The van der Waals surface area contributed by atoms with Crippen LogP contribution in [0.3, 0.4) is 0 Å². The fraction of sp³-hybridized carbons (Fsp3) is 0.700. The third-order valence-corrected chi connectivity index (χ3v) is 5.83. The summed E-state index contributed by atoms with van der Waals surface area (Å²) < 4.78 is 1.29. The molecule has 1 fully saturated rings. The van der Waals surface area contributed by atoms with Gasteiger partial charge in [-0.1, -0.05) is 6.07 Å². The van der Waals surface area contributed by atoms with E-state index in [0.29, 0.717) is 0 Å². The first-order valence-electron chi connectivity index (χ1n) is 9.84. The molecule has 0 amide bonds. The van der Waals surface area contributed by atoms with Crippen LogP contribution in [0.5, 0.6) is 0 Å². The molecule has 0 spiro atoms. The standard InChI is InChI=1S/C20H35N4/c1-24(14-3-2-4-15-24)16-6-10-22-11-13-23-12-5-7-18-8-9-19(21)17-20(18)23/h8-9,17,22H,2-7,10-16,21H2,1H3/q+1. The van der Waals surface area contributed by atoms with Gasteiger partial charge in [-0.15, -0.1) is 0 Å².